The van der Waals surface area contributed by atoms with Gasteiger partial charge in [-0.2, -0.15) is 5.10 Å². The van der Waals surface area contributed by atoms with Crippen LogP contribution in [0.25, 0.3) is 5.69 Å². The van der Waals surface area contributed by atoms with Crippen LogP contribution in [0.1, 0.15) is 59.1 Å². The highest BCUT2D eigenvalue weighted by atomic mass is 19.1. The summed E-state index contributed by atoms with van der Waals surface area (Å²) in [6, 6.07) is 17.9. The molecule has 0 fully saturated rings. The van der Waals surface area contributed by atoms with E-state index >= 15 is 0 Å². The van der Waals surface area contributed by atoms with Crippen molar-refractivity contribution in [1.82, 2.24) is 15.1 Å². The van der Waals surface area contributed by atoms with Gasteiger partial charge in [0.05, 0.1) is 30.1 Å². The summed E-state index contributed by atoms with van der Waals surface area (Å²) >= 11 is 0. The minimum absolute atomic E-state index is 0.0208. The molecule has 3 aromatic carbocycles. The van der Waals surface area contributed by atoms with Crippen LogP contribution in [0.5, 0.6) is 0 Å². The van der Waals surface area contributed by atoms with Crippen molar-refractivity contribution in [3.63, 3.8) is 0 Å². The van der Waals surface area contributed by atoms with E-state index in [1.807, 2.05) is 58.0 Å². The SMILES string of the molecule is COC(=O)c1ccc(C)c(NC(=O)/C=C(\N)OCc2ccc(F)cc2CNC(=O)Nc2cc(C(C)(C)C)nn2-c2ccc(C)cc2)c1. The van der Waals surface area contributed by atoms with E-state index in [0.717, 1.165) is 28.6 Å². The standard InChI is InChI=1S/C35H39FN6O5/c1-21-7-13-27(14-8-21)42-31(17-29(41-42)35(3,4)5)40-34(45)38-19-25-15-26(36)12-11-24(25)20-47-30(37)18-32(43)39-28-16-23(33(44)46-6)10-9-22(28)2/h7-18H,19-20,37H2,1-6H3,(H,39,43)(H2,38,40,45)/b30-18+. The predicted molar refractivity (Wildman–Crippen MR) is 177 cm³/mol. The quantitative estimate of drug-likeness (QED) is 0.0943. The molecule has 246 valence electrons. The molecular formula is C35H39FN6O5. The maximum absolute atomic E-state index is 14.2. The summed E-state index contributed by atoms with van der Waals surface area (Å²) in [6.45, 7) is 9.75. The number of nitrogens with two attached hydrogens (primary N) is 1. The summed E-state index contributed by atoms with van der Waals surface area (Å²) < 4.78 is 26.2. The second-order valence-electron chi connectivity index (χ2n) is 12.0. The molecule has 0 aliphatic rings. The third kappa shape index (κ3) is 9.19. The van der Waals surface area contributed by atoms with Gasteiger partial charge in [0.2, 0.25) is 0 Å². The summed E-state index contributed by atoms with van der Waals surface area (Å²) in [5.74, 6) is -1.33. The van der Waals surface area contributed by atoms with E-state index in [9.17, 15) is 18.8 Å². The highest BCUT2D eigenvalue weighted by Gasteiger charge is 2.22. The molecule has 3 amide bonds. The monoisotopic (exact) mass is 642 g/mol. The maximum atomic E-state index is 14.2. The van der Waals surface area contributed by atoms with Gasteiger partial charge in [0.15, 0.2) is 5.88 Å². The molecule has 5 N–H and O–H groups in total. The Kier molecular flexibility index (Phi) is 10.7. The molecule has 0 spiro atoms. The van der Waals surface area contributed by atoms with E-state index in [2.05, 4.69) is 16.0 Å². The second-order valence-corrected chi connectivity index (χ2v) is 12.0. The lowest BCUT2D eigenvalue weighted by atomic mass is 9.92. The molecule has 0 radical (unpaired) electrons. The van der Waals surface area contributed by atoms with Gasteiger partial charge < -0.3 is 25.8 Å². The van der Waals surface area contributed by atoms with E-state index in [-0.39, 0.29) is 30.0 Å². The molecule has 47 heavy (non-hydrogen) atoms. The van der Waals surface area contributed by atoms with Crippen molar-refractivity contribution in [3.05, 3.63) is 118 Å². The molecular weight excluding hydrogens is 603 g/mol. The van der Waals surface area contributed by atoms with Crippen molar-refractivity contribution < 1.29 is 28.2 Å². The Morgan fingerprint density at radius 3 is 2.36 bits per heavy atom. The molecule has 0 unspecified atom stereocenters. The van der Waals surface area contributed by atoms with Gasteiger partial charge in [0, 0.05) is 23.7 Å². The third-order valence-electron chi connectivity index (χ3n) is 7.19. The number of urea groups is 1. The number of nitrogens with zero attached hydrogens (tertiary/aromatic N) is 2. The number of halogens is 1. The van der Waals surface area contributed by atoms with Crippen molar-refractivity contribution in [2.45, 2.75) is 53.2 Å². The number of methoxy groups -OCH3 is 1. The van der Waals surface area contributed by atoms with Crippen molar-refractivity contribution in [2.24, 2.45) is 5.73 Å². The van der Waals surface area contributed by atoms with Gasteiger partial charge in [0.25, 0.3) is 5.91 Å². The highest BCUT2D eigenvalue weighted by molar-refractivity contribution is 6.01. The van der Waals surface area contributed by atoms with Gasteiger partial charge in [-0.1, -0.05) is 50.6 Å². The number of benzene rings is 3. The van der Waals surface area contributed by atoms with E-state index in [1.54, 1.807) is 23.7 Å². The Hall–Kier alpha value is -5.65. The zero-order valence-corrected chi connectivity index (χ0v) is 27.2. The fraction of sp³-hybridized carbons (Fsp3) is 0.257. The predicted octanol–water partition coefficient (Wildman–Crippen LogP) is 5.99. The average molecular weight is 643 g/mol. The summed E-state index contributed by atoms with van der Waals surface area (Å²) in [5, 5.41) is 13.0. The molecule has 0 aliphatic carbocycles. The van der Waals surface area contributed by atoms with Crippen LogP contribution in [0, 0.1) is 19.7 Å². The van der Waals surface area contributed by atoms with Crippen LogP contribution in [0.2, 0.25) is 0 Å². The lowest BCUT2D eigenvalue weighted by Gasteiger charge is -2.14. The summed E-state index contributed by atoms with van der Waals surface area (Å²) in [7, 11) is 1.27. The Bertz CT molecular complexity index is 1810. The number of aromatic nitrogens is 2. The van der Waals surface area contributed by atoms with Gasteiger partial charge in [-0.15, -0.1) is 0 Å². The van der Waals surface area contributed by atoms with Crippen LogP contribution < -0.4 is 21.7 Å². The summed E-state index contributed by atoms with van der Waals surface area (Å²) in [6.07, 6.45) is 1.06. The van der Waals surface area contributed by atoms with Crippen LogP contribution in [-0.4, -0.2) is 34.8 Å². The fourth-order valence-electron chi connectivity index (χ4n) is 4.46. The van der Waals surface area contributed by atoms with Crippen LogP contribution in [0.3, 0.4) is 0 Å². The first-order chi connectivity index (χ1) is 22.2. The molecule has 11 nitrogen and oxygen atoms in total. The summed E-state index contributed by atoms with van der Waals surface area (Å²) in [5.41, 5.74) is 10.8. The van der Waals surface area contributed by atoms with Crippen molar-refractivity contribution in [1.29, 1.82) is 0 Å². The molecule has 12 heteroatoms. The molecule has 0 atom stereocenters. The van der Waals surface area contributed by atoms with Crippen LogP contribution in [-0.2, 0) is 32.8 Å². The molecule has 4 rings (SSSR count). The van der Waals surface area contributed by atoms with Crippen LogP contribution in [0.4, 0.5) is 20.7 Å². The first kappa shape index (κ1) is 34.2. The van der Waals surface area contributed by atoms with Crippen LogP contribution >= 0.6 is 0 Å². The Balaban J connectivity index is 1.41. The molecule has 1 aromatic heterocycles. The number of nitrogens with one attached hydrogen (secondary N) is 3. The fourth-order valence-corrected chi connectivity index (χ4v) is 4.46. The second kappa shape index (κ2) is 14.6. The van der Waals surface area contributed by atoms with Crippen LogP contribution in [0.15, 0.2) is 78.7 Å². The van der Waals surface area contributed by atoms with E-state index in [4.69, 9.17) is 20.3 Å². The smallest absolute Gasteiger partial charge is 0.337 e. The Morgan fingerprint density at radius 2 is 1.68 bits per heavy atom. The molecule has 0 saturated carbocycles. The number of hydrogen-bond donors (Lipinski definition) is 4. The highest BCUT2D eigenvalue weighted by Crippen LogP contribution is 2.26. The average Bonchev–Trinajstić information content (AvgIpc) is 3.45. The third-order valence-corrected chi connectivity index (χ3v) is 7.19. The molecule has 0 bridgehead atoms. The lowest BCUT2D eigenvalue weighted by Crippen LogP contribution is -2.29. The number of carbonyl (C=O) groups excluding carboxylic acids is 3. The van der Waals surface area contributed by atoms with Gasteiger partial charge in [-0.25, -0.2) is 18.7 Å². The van der Waals surface area contributed by atoms with Gasteiger partial charge >= 0.3 is 12.0 Å². The van der Waals surface area contributed by atoms with E-state index < -0.39 is 23.7 Å². The number of aryl methyl sites for hydroxylation is 2. The number of amides is 3. The zero-order chi connectivity index (χ0) is 34.3. The topological polar surface area (TPSA) is 150 Å². The Morgan fingerprint density at radius 1 is 0.957 bits per heavy atom. The molecule has 1 heterocycles. The van der Waals surface area contributed by atoms with E-state index in [0.29, 0.717) is 22.6 Å². The van der Waals surface area contributed by atoms with E-state index in [1.165, 1.54) is 31.4 Å². The first-order valence-corrected chi connectivity index (χ1v) is 14.8. The first-order valence-electron chi connectivity index (χ1n) is 14.8. The number of rotatable bonds is 10. The molecule has 0 aliphatic heterocycles. The molecule has 0 saturated heterocycles. The zero-order valence-electron chi connectivity index (χ0n) is 27.2. The Labute approximate surface area is 272 Å². The minimum Gasteiger partial charge on any atom is -0.474 e. The van der Waals surface area contributed by atoms with Gasteiger partial charge in [0.1, 0.15) is 18.2 Å². The normalized spacial score (nSPS) is 11.5. The number of esters is 1. The van der Waals surface area contributed by atoms with Crippen molar-refractivity contribution in [3.8, 4) is 5.69 Å². The number of anilines is 2. The lowest BCUT2D eigenvalue weighted by molar-refractivity contribution is -0.112. The summed E-state index contributed by atoms with van der Waals surface area (Å²) in [4.78, 5) is 37.5. The number of ether oxygens (including phenoxy) is 2. The van der Waals surface area contributed by atoms with Crippen molar-refractivity contribution >= 4 is 29.4 Å². The largest absolute Gasteiger partial charge is 0.474 e. The molecule has 4 aromatic rings. The van der Waals surface area contributed by atoms with Crippen molar-refractivity contribution in [2.75, 3.05) is 17.7 Å². The minimum atomic E-state index is -0.579. The van der Waals surface area contributed by atoms with Gasteiger partial charge in [-0.05, 0) is 66.9 Å². The van der Waals surface area contributed by atoms with Gasteiger partial charge in [-0.3, -0.25) is 10.1 Å². The maximum Gasteiger partial charge on any atom is 0.337 e. The number of hydrogen-bond acceptors (Lipinski definition) is 7. The number of carbonyl (C=O) groups is 3.